The van der Waals surface area contributed by atoms with Crippen LogP contribution in [0, 0.1) is 15.9 Å². The number of aliphatic hydroxyl groups is 1. The Kier molecular flexibility index (Phi) is 1.78. The molecule has 1 aromatic carbocycles. The number of nitrogens with zero attached hydrogens (tertiary/aromatic N) is 1. The van der Waals surface area contributed by atoms with Crippen LogP contribution in [0.1, 0.15) is 18.4 Å². The molecule has 0 bridgehead atoms. The van der Waals surface area contributed by atoms with Crippen molar-refractivity contribution in [1.29, 1.82) is 0 Å². The highest BCUT2D eigenvalue weighted by atomic mass is 19.1. The van der Waals surface area contributed by atoms with Gasteiger partial charge in [0.2, 0.25) is 0 Å². The molecule has 0 unspecified atom stereocenters. The molecule has 5 heteroatoms. The molecule has 2 rings (SSSR count). The lowest BCUT2D eigenvalue weighted by molar-refractivity contribution is -0.385. The van der Waals surface area contributed by atoms with E-state index in [4.69, 9.17) is 0 Å². The van der Waals surface area contributed by atoms with Crippen molar-refractivity contribution in [3.05, 3.63) is 39.7 Å². The van der Waals surface area contributed by atoms with Crippen molar-refractivity contribution < 1.29 is 14.4 Å². The van der Waals surface area contributed by atoms with Crippen LogP contribution in [0.5, 0.6) is 0 Å². The molecule has 4 nitrogen and oxygen atoms in total. The van der Waals surface area contributed by atoms with E-state index in [0.29, 0.717) is 12.8 Å². The summed E-state index contributed by atoms with van der Waals surface area (Å²) in [6.07, 6.45) is 0.927. The van der Waals surface area contributed by atoms with Crippen LogP contribution in [0.2, 0.25) is 0 Å². The molecular formula is C9H8FNO3. The van der Waals surface area contributed by atoms with E-state index >= 15 is 0 Å². The number of halogens is 1. The summed E-state index contributed by atoms with van der Waals surface area (Å²) in [4.78, 5) is 9.81. The van der Waals surface area contributed by atoms with Crippen molar-refractivity contribution in [2.24, 2.45) is 0 Å². The lowest BCUT2D eigenvalue weighted by atomic mass is 10.1. The van der Waals surface area contributed by atoms with E-state index in [1.807, 2.05) is 0 Å². The van der Waals surface area contributed by atoms with Crippen molar-refractivity contribution in [3.63, 3.8) is 0 Å². The minimum absolute atomic E-state index is 0.0340. The Morgan fingerprint density at radius 3 is 2.64 bits per heavy atom. The Morgan fingerprint density at radius 2 is 2.14 bits per heavy atom. The molecule has 0 amide bonds. The number of benzene rings is 1. The molecule has 0 radical (unpaired) electrons. The first-order valence-electron chi connectivity index (χ1n) is 4.20. The van der Waals surface area contributed by atoms with E-state index in [-0.39, 0.29) is 11.3 Å². The third kappa shape index (κ3) is 1.35. The average Bonchev–Trinajstić information content (AvgIpc) is 2.85. The van der Waals surface area contributed by atoms with Gasteiger partial charge in [-0.15, -0.1) is 0 Å². The van der Waals surface area contributed by atoms with Gasteiger partial charge in [-0.1, -0.05) is 0 Å². The molecule has 0 saturated heterocycles. The smallest absolute Gasteiger partial charge is 0.270 e. The van der Waals surface area contributed by atoms with Crippen molar-refractivity contribution >= 4 is 5.69 Å². The minimum Gasteiger partial charge on any atom is -0.385 e. The van der Waals surface area contributed by atoms with Gasteiger partial charge in [0, 0.05) is 17.7 Å². The summed E-state index contributed by atoms with van der Waals surface area (Å²) in [5, 5.41) is 20.0. The molecule has 14 heavy (non-hydrogen) atoms. The van der Waals surface area contributed by atoms with Crippen LogP contribution in [-0.4, -0.2) is 10.0 Å². The van der Waals surface area contributed by atoms with E-state index in [2.05, 4.69) is 0 Å². The SMILES string of the molecule is O=[N+]([O-])c1ccc(F)c(C2(O)CC2)c1. The van der Waals surface area contributed by atoms with E-state index < -0.39 is 16.3 Å². The number of non-ortho nitro benzene ring substituents is 1. The van der Waals surface area contributed by atoms with Crippen LogP contribution in [-0.2, 0) is 5.60 Å². The van der Waals surface area contributed by atoms with Gasteiger partial charge in [-0.2, -0.15) is 0 Å². The molecule has 1 N–H and O–H groups in total. The van der Waals surface area contributed by atoms with Crippen LogP contribution >= 0.6 is 0 Å². The van der Waals surface area contributed by atoms with E-state index in [1.54, 1.807) is 0 Å². The highest BCUT2D eigenvalue weighted by molar-refractivity contribution is 5.40. The van der Waals surface area contributed by atoms with Crippen molar-refractivity contribution in [3.8, 4) is 0 Å². The predicted molar refractivity (Wildman–Crippen MR) is 46.2 cm³/mol. The molecule has 0 spiro atoms. The Hall–Kier alpha value is -1.49. The van der Waals surface area contributed by atoms with Gasteiger partial charge in [0.25, 0.3) is 5.69 Å². The van der Waals surface area contributed by atoms with Gasteiger partial charge in [0.15, 0.2) is 0 Å². The van der Waals surface area contributed by atoms with Gasteiger partial charge < -0.3 is 5.11 Å². The van der Waals surface area contributed by atoms with E-state index in [0.717, 1.165) is 18.2 Å². The third-order valence-electron chi connectivity index (χ3n) is 2.39. The normalized spacial score (nSPS) is 17.9. The molecule has 0 aliphatic heterocycles. The average molecular weight is 197 g/mol. The Bertz CT molecular complexity index is 401. The number of hydrogen-bond donors (Lipinski definition) is 1. The molecule has 1 saturated carbocycles. The fourth-order valence-electron chi connectivity index (χ4n) is 1.37. The molecule has 0 aromatic heterocycles. The summed E-state index contributed by atoms with van der Waals surface area (Å²) in [6, 6.07) is 3.21. The first-order chi connectivity index (χ1) is 6.53. The van der Waals surface area contributed by atoms with Crippen LogP contribution in [0.4, 0.5) is 10.1 Å². The molecule has 1 aromatic rings. The third-order valence-corrected chi connectivity index (χ3v) is 2.39. The van der Waals surface area contributed by atoms with Crippen molar-refractivity contribution in [2.75, 3.05) is 0 Å². The van der Waals surface area contributed by atoms with Gasteiger partial charge >= 0.3 is 0 Å². The predicted octanol–water partition coefficient (Wildman–Crippen LogP) is 1.72. The van der Waals surface area contributed by atoms with E-state index in [9.17, 15) is 19.6 Å². The largest absolute Gasteiger partial charge is 0.385 e. The molecule has 1 fully saturated rings. The van der Waals surface area contributed by atoms with Crippen LogP contribution in [0.3, 0.4) is 0 Å². The quantitative estimate of drug-likeness (QED) is 0.579. The highest BCUT2D eigenvalue weighted by Gasteiger charge is 2.44. The fourth-order valence-corrected chi connectivity index (χ4v) is 1.37. The first-order valence-corrected chi connectivity index (χ1v) is 4.20. The standard InChI is InChI=1S/C9H8FNO3/c10-8-2-1-6(11(13)14)5-7(8)9(12)3-4-9/h1-2,5,12H,3-4H2. The zero-order valence-corrected chi connectivity index (χ0v) is 7.24. The summed E-state index contributed by atoms with van der Waals surface area (Å²) in [5.41, 5.74) is -1.33. The summed E-state index contributed by atoms with van der Waals surface area (Å²) < 4.78 is 13.2. The molecule has 1 aliphatic carbocycles. The lowest BCUT2D eigenvalue weighted by Gasteiger charge is -2.08. The topological polar surface area (TPSA) is 63.4 Å². The summed E-state index contributed by atoms with van der Waals surface area (Å²) in [5.74, 6) is -0.587. The Balaban J connectivity index is 2.48. The number of nitro benzene ring substituents is 1. The molecule has 1 aliphatic rings. The zero-order chi connectivity index (χ0) is 10.3. The summed E-state index contributed by atoms with van der Waals surface area (Å²) in [7, 11) is 0. The van der Waals surface area contributed by atoms with Gasteiger partial charge in [0.05, 0.1) is 10.5 Å². The number of rotatable bonds is 2. The zero-order valence-electron chi connectivity index (χ0n) is 7.24. The second-order valence-electron chi connectivity index (χ2n) is 3.45. The minimum atomic E-state index is -1.17. The van der Waals surface area contributed by atoms with Crippen molar-refractivity contribution in [2.45, 2.75) is 18.4 Å². The summed E-state index contributed by atoms with van der Waals surface area (Å²) in [6.45, 7) is 0. The lowest BCUT2D eigenvalue weighted by Crippen LogP contribution is -2.07. The number of hydrogen-bond acceptors (Lipinski definition) is 3. The van der Waals surface area contributed by atoms with Gasteiger partial charge in [0.1, 0.15) is 5.82 Å². The molecule has 0 atom stereocenters. The summed E-state index contributed by atoms with van der Waals surface area (Å²) >= 11 is 0. The van der Waals surface area contributed by atoms with Crippen LogP contribution < -0.4 is 0 Å². The van der Waals surface area contributed by atoms with E-state index in [1.165, 1.54) is 0 Å². The van der Waals surface area contributed by atoms with Gasteiger partial charge in [-0.3, -0.25) is 10.1 Å². The Labute approximate surface area is 79.1 Å². The van der Waals surface area contributed by atoms with Crippen molar-refractivity contribution in [1.82, 2.24) is 0 Å². The molecule has 74 valence electrons. The maximum Gasteiger partial charge on any atom is 0.270 e. The van der Waals surface area contributed by atoms with Crippen LogP contribution in [0.15, 0.2) is 18.2 Å². The van der Waals surface area contributed by atoms with Crippen LogP contribution in [0.25, 0.3) is 0 Å². The second kappa shape index (κ2) is 2.75. The molecular weight excluding hydrogens is 189 g/mol. The maximum atomic E-state index is 13.2. The monoisotopic (exact) mass is 197 g/mol. The molecule has 0 heterocycles. The maximum absolute atomic E-state index is 13.2. The fraction of sp³-hybridized carbons (Fsp3) is 0.333. The second-order valence-corrected chi connectivity index (χ2v) is 3.45. The highest BCUT2D eigenvalue weighted by Crippen LogP contribution is 2.46. The first kappa shape index (κ1) is 9.08. The van der Waals surface area contributed by atoms with Gasteiger partial charge in [-0.25, -0.2) is 4.39 Å². The number of nitro groups is 1. The Morgan fingerprint density at radius 1 is 1.50 bits per heavy atom. The van der Waals surface area contributed by atoms with Gasteiger partial charge in [-0.05, 0) is 18.9 Å².